The minimum Gasteiger partial charge on any atom is -0.493 e. The van der Waals surface area contributed by atoms with E-state index in [0.29, 0.717) is 29.3 Å². The van der Waals surface area contributed by atoms with Crippen LogP contribution in [0, 0.1) is 12.7 Å². The number of benzene rings is 2. The van der Waals surface area contributed by atoms with Gasteiger partial charge in [0.2, 0.25) is 0 Å². The number of aromatic nitrogens is 1. The molecule has 0 saturated carbocycles. The van der Waals surface area contributed by atoms with E-state index in [9.17, 15) is 0 Å². The zero-order chi connectivity index (χ0) is 24.4. The first-order valence-electron chi connectivity index (χ1n) is 12.0. The van der Waals surface area contributed by atoms with Gasteiger partial charge in [-0.1, -0.05) is 0 Å². The Morgan fingerprint density at radius 2 is 1.89 bits per heavy atom. The van der Waals surface area contributed by atoms with Gasteiger partial charge in [-0.25, -0.2) is 15.2 Å². The summed E-state index contributed by atoms with van der Waals surface area (Å²) in [5, 5.41) is 0.508. The molecule has 1 fully saturated rings. The zero-order valence-electron chi connectivity index (χ0n) is 20.5. The van der Waals surface area contributed by atoms with Crippen molar-refractivity contribution in [1.29, 1.82) is 0 Å². The van der Waals surface area contributed by atoms with E-state index in [4.69, 9.17) is 14.2 Å². The fourth-order valence-electron chi connectivity index (χ4n) is 4.58. The number of quaternary nitrogens is 1. The van der Waals surface area contributed by atoms with Gasteiger partial charge >= 0.3 is 0 Å². The minimum absolute atomic E-state index is 0.167. The highest BCUT2D eigenvalue weighted by Crippen LogP contribution is 2.37. The molecule has 5 rings (SSSR count). The van der Waals surface area contributed by atoms with Crippen LogP contribution in [0.4, 0.5) is 10.1 Å². The van der Waals surface area contributed by atoms with Crippen molar-refractivity contribution in [1.82, 2.24) is 20.2 Å². The van der Waals surface area contributed by atoms with E-state index in [1.807, 2.05) is 30.5 Å². The summed E-state index contributed by atoms with van der Waals surface area (Å²) in [6.45, 7) is 7.96. The Bertz CT molecular complexity index is 1230. The van der Waals surface area contributed by atoms with Crippen LogP contribution < -0.4 is 25.1 Å². The molecule has 0 bridgehead atoms. The molecule has 2 aliphatic heterocycles. The maximum absolute atomic E-state index is 15.1. The molecule has 0 amide bonds. The zero-order valence-corrected chi connectivity index (χ0v) is 20.5. The molecule has 0 radical (unpaired) electrons. The van der Waals surface area contributed by atoms with Gasteiger partial charge in [-0.2, -0.15) is 0 Å². The largest absolute Gasteiger partial charge is 0.493 e. The van der Waals surface area contributed by atoms with Crippen molar-refractivity contribution >= 4 is 22.3 Å². The molecular weight excluding hydrogens is 449 g/mol. The van der Waals surface area contributed by atoms with Crippen molar-refractivity contribution in [3.8, 4) is 17.2 Å². The molecule has 0 aliphatic carbocycles. The maximum atomic E-state index is 15.1. The number of H-pyrrole nitrogens is 1. The van der Waals surface area contributed by atoms with Crippen molar-refractivity contribution in [2.75, 3.05) is 53.5 Å². The van der Waals surface area contributed by atoms with E-state index in [2.05, 4.69) is 27.3 Å². The first kappa shape index (κ1) is 23.5. The van der Waals surface area contributed by atoms with Gasteiger partial charge in [0.15, 0.2) is 34.5 Å². The predicted octanol–water partition coefficient (Wildman–Crippen LogP) is 2.73. The number of aryl methyl sites for hydroxylation is 1. The van der Waals surface area contributed by atoms with Gasteiger partial charge in [-0.15, -0.1) is 0 Å². The maximum Gasteiger partial charge on any atom is 0.175 e. The SMILES string of the molecule is COc1cc2c(cc1OCCCN1CCN(C)CC1)[NH2+]NC=C2Oc1ccc2[nH]c(C)cc2c1F. The number of methoxy groups -OCH3 is 1. The molecule has 8 nitrogen and oxygen atoms in total. The monoisotopic (exact) mass is 482 g/mol. The second kappa shape index (κ2) is 10.2. The van der Waals surface area contributed by atoms with Crippen LogP contribution in [-0.2, 0) is 0 Å². The van der Waals surface area contributed by atoms with Crippen LogP contribution in [0.2, 0.25) is 0 Å². The number of nitrogens with two attached hydrogens (primary N) is 1. The lowest BCUT2D eigenvalue weighted by molar-refractivity contribution is -0.624. The van der Waals surface area contributed by atoms with Gasteiger partial charge in [-0.3, -0.25) is 0 Å². The van der Waals surface area contributed by atoms with Crippen LogP contribution in [-0.4, -0.2) is 68.3 Å². The lowest BCUT2D eigenvalue weighted by Gasteiger charge is -2.32. The number of halogens is 1. The Hall–Kier alpha value is -3.27. The van der Waals surface area contributed by atoms with Crippen molar-refractivity contribution < 1.29 is 24.0 Å². The first-order valence-corrected chi connectivity index (χ1v) is 12.0. The van der Waals surface area contributed by atoms with Gasteiger partial charge in [0.1, 0.15) is 0 Å². The summed E-state index contributed by atoms with van der Waals surface area (Å²) in [5.74, 6) is 1.58. The molecule has 35 heavy (non-hydrogen) atoms. The summed E-state index contributed by atoms with van der Waals surface area (Å²) in [6.07, 6.45) is 2.66. The fraction of sp³-hybridized carbons (Fsp3) is 0.385. The molecule has 1 aromatic heterocycles. The molecular formula is C26H33FN5O3+. The molecule has 186 valence electrons. The van der Waals surface area contributed by atoms with Gasteiger partial charge in [0, 0.05) is 61.5 Å². The number of aromatic amines is 1. The fourth-order valence-corrected chi connectivity index (χ4v) is 4.58. The van der Waals surface area contributed by atoms with E-state index < -0.39 is 5.82 Å². The third-order valence-corrected chi connectivity index (χ3v) is 6.58. The second-order valence-corrected chi connectivity index (χ2v) is 9.15. The number of ether oxygens (including phenoxy) is 3. The molecule has 0 atom stereocenters. The highest BCUT2D eigenvalue weighted by atomic mass is 19.1. The number of hydrogen-bond donors (Lipinski definition) is 3. The number of fused-ring (bicyclic) bond motifs is 2. The number of likely N-dealkylation sites (N-methyl/N-ethyl adjacent to an activating group) is 1. The second-order valence-electron chi connectivity index (χ2n) is 9.15. The Labute approximate surface area is 204 Å². The molecule has 0 spiro atoms. The van der Waals surface area contributed by atoms with Crippen molar-refractivity contribution in [3.05, 3.63) is 53.6 Å². The van der Waals surface area contributed by atoms with E-state index in [0.717, 1.165) is 61.6 Å². The van der Waals surface area contributed by atoms with E-state index in [1.54, 1.807) is 25.4 Å². The lowest BCUT2D eigenvalue weighted by Crippen LogP contribution is -2.87. The van der Waals surface area contributed by atoms with Crippen molar-refractivity contribution in [2.24, 2.45) is 0 Å². The van der Waals surface area contributed by atoms with Crippen LogP contribution in [0.15, 0.2) is 36.5 Å². The molecule has 9 heteroatoms. The van der Waals surface area contributed by atoms with Gasteiger partial charge in [0.05, 0.1) is 25.5 Å². The van der Waals surface area contributed by atoms with Gasteiger partial charge in [0.25, 0.3) is 0 Å². The Kier molecular flexibility index (Phi) is 6.81. The lowest BCUT2D eigenvalue weighted by atomic mass is 10.1. The average molecular weight is 483 g/mol. The molecule has 1 saturated heterocycles. The van der Waals surface area contributed by atoms with E-state index in [1.165, 1.54) is 0 Å². The summed E-state index contributed by atoms with van der Waals surface area (Å²) in [4.78, 5) is 7.98. The predicted molar refractivity (Wildman–Crippen MR) is 133 cm³/mol. The summed E-state index contributed by atoms with van der Waals surface area (Å²) < 4.78 is 32.8. The molecule has 3 aromatic rings. The van der Waals surface area contributed by atoms with E-state index in [-0.39, 0.29) is 5.75 Å². The normalized spacial score (nSPS) is 16.5. The molecule has 2 aromatic carbocycles. The highest BCUT2D eigenvalue weighted by Gasteiger charge is 2.24. The van der Waals surface area contributed by atoms with Crippen LogP contribution in [0.1, 0.15) is 17.7 Å². The number of nitrogens with zero attached hydrogens (tertiary/aromatic N) is 2. The number of rotatable bonds is 8. The molecule has 0 unspecified atom stereocenters. The average Bonchev–Trinajstić information content (AvgIpc) is 3.25. The third-order valence-electron chi connectivity index (χ3n) is 6.58. The minimum atomic E-state index is -0.392. The third kappa shape index (κ3) is 5.07. The molecule has 3 heterocycles. The number of hydrogen-bond acceptors (Lipinski definition) is 6. The summed E-state index contributed by atoms with van der Waals surface area (Å²) >= 11 is 0. The van der Waals surface area contributed by atoms with Crippen molar-refractivity contribution in [2.45, 2.75) is 13.3 Å². The summed E-state index contributed by atoms with van der Waals surface area (Å²) in [5.41, 5.74) is 8.30. The summed E-state index contributed by atoms with van der Waals surface area (Å²) in [6, 6.07) is 9.06. The van der Waals surface area contributed by atoms with E-state index >= 15 is 4.39 Å². The Morgan fingerprint density at radius 3 is 2.69 bits per heavy atom. The smallest absolute Gasteiger partial charge is 0.175 e. The van der Waals surface area contributed by atoms with Crippen molar-refractivity contribution in [3.63, 3.8) is 0 Å². The van der Waals surface area contributed by atoms with Gasteiger partial charge in [-0.05, 0) is 38.6 Å². The van der Waals surface area contributed by atoms with Crippen LogP contribution in [0.25, 0.3) is 16.7 Å². The summed E-state index contributed by atoms with van der Waals surface area (Å²) in [7, 11) is 3.79. The van der Waals surface area contributed by atoms with Crippen LogP contribution in [0.5, 0.6) is 17.2 Å². The number of piperazine rings is 1. The molecule has 4 N–H and O–H groups in total. The topological polar surface area (TPSA) is 78.6 Å². The Balaban J connectivity index is 1.28. The standard InChI is InChI=1S/C26H32FN5O3/c1-17-13-19-20(29-17)5-6-22(26(19)27)35-25-16-28-30-21-15-24(23(33-3)14-18(21)25)34-12-4-7-32-10-8-31(2)9-11-32/h5-6,13-16,28-30H,4,7-12H2,1-3H3/p+1. The molecule has 2 aliphatic rings. The van der Waals surface area contributed by atoms with Crippen LogP contribution in [0.3, 0.4) is 0 Å². The quantitative estimate of drug-likeness (QED) is 0.260. The Morgan fingerprint density at radius 1 is 1.06 bits per heavy atom. The number of nitrogens with one attached hydrogen (secondary N) is 2. The van der Waals surface area contributed by atoms with Gasteiger partial charge < -0.3 is 29.0 Å². The first-order chi connectivity index (χ1) is 17.0. The highest BCUT2D eigenvalue weighted by molar-refractivity contribution is 5.83. The van der Waals surface area contributed by atoms with Crippen LogP contribution >= 0.6 is 0 Å².